The zero-order valence-corrected chi connectivity index (χ0v) is 27.0. The van der Waals surface area contributed by atoms with E-state index in [0.717, 1.165) is 29.8 Å². The van der Waals surface area contributed by atoms with Gasteiger partial charge in [-0.1, -0.05) is 78.9 Å². The quantitative estimate of drug-likeness (QED) is 0.0849. The number of methoxy groups -OCH3 is 1. The van der Waals surface area contributed by atoms with E-state index in [4.69, 9.17) is 24.8 Å². The number of aliphatic hydroxyl groups is 3. The van der Waals surface area contributed by atoms with E-state index in [1.165, 1.54) is 16.5 Å². The van der Waals surface area contributed by atoms with Crippen molar-refractivity contribution in [1.29, 1.82) is 0 Å². The number of benzene rings is 4. The van der Waals surface area contributed by atoms with Crippen LogP contribution in [0.4, 0.5) is 5.69 Å². The first-order valence-electron chi connectivity index (χ1n) is 15.3. The predicted octanol–water partition coefficient (Wildman–Crippen LogP) is 1.47. The van der Waals surface area contributed by atoms with Gasteiger partial charge in [-0.05, 0) is 41.8 Å². The molecule has 4 rings (SSSR count). The van der Waals surface area contributed by atoms with Gasteiger partial charge in [0.15, 0.2) is 11.9 Å². The summed E-state index contributed by atoms with van der Waals surface area (Å²) in [5, 5.41) is 57.2. The number of hydrogen-bond donors (Lipinski definition) is 5. The van der Waals surface area contributed by atoms with E-state index in [1.54, 1.807) is 19.2 Å². The molecule has 4 aromatic carbocycles. The minimum atomic E-state index is -2.38. The monoisotopic (exact) mass is 676 g/mol. The molecule has 0 saturated carbocycles. The lowest BCUT2D eigenvalue weighted by Crippen LogP contribution is -3.15. The van der Waals surface area contributed by atoms with Crippen molar-refractivity contribution in [2.45, 2.75) is 50.8 Å². The van der Waals surface area contributed by atoms with Gasteiger partial charge in [0.25, 0.3) is 0 Å². The Morgan fingerprint density at radius 2 is 1.43 bits per heavy atom. The van der Waals surface area contributed by atoms with Crippen LogP contribution in [0.25, 0.3) is 0 Å². The van der Waals surface area contributed by atoms with Gasteiger partial charge in [0, 0.05) is 18.1 Å². The molecule has 0 radical (unpaired) electrons. The third kappa shape index (κ3) is 12.0. The van der Waals surface area contributed by atoms with Crippen LogP contribution in [0.15, 0.2) is 103 Å². The lowest BCUT2D eigenvalue weighted by Gasteiger charge is -2.28. The molecule has 5 N–H and O–H groups in total. The lowest BCUT2D eigenvalue weighted by atomic mass is 10.0. The summed E-state index contributed by atoms with van der Waals surface area (Å²) in [6, 6.07) is 32.6. The van der Waals surface area contributed by atoms with E-state index in [1.807, 2.05) is 60.7 Å². The molecular formula is C36H40N2O11. The van der Waals surface area contributed by atoms with Gasteiger partial charge in [0.1, 0.15) is 37.7 Å². The number of rotatable bonds is 16. The molecule has 0 aliphatic carbocycles. The fourth-order valence-corrected chi connectivity index (χ4v) is 4.94. The average molecular weight is 677 g/mol. The van der Waals surface area contributed by atoms with Crippen LogP contribution in [0.2, 0.25) is 0 Å². The normalized spacial score (nSPS) is 13.8. The number of carbonyl (C=O) groups excluding carboxylic acids is 1. The summed E-state index contributed by atoms with van der Waals surface area (Å²) in [5.74, 6) is -2.83. The molecule has 0 amide bonds. The standard InChI is InChI=1S/C32H34N2O5.C4H6O6/c1-24(19-25-13-16-29(38-2)17-14-25)33(21-26-9-5-3-6-10-26)22-31(35)28-15-18-32(30(20-28)34(36)37)39-23-27-11-7-4-8-12-27;5-1(3(7)8)2(6)4(9)10/h3-18,20,24,31,35H,19,21-23H2,1-2H3;1-2,5-6H,(H,7,8)(H,9,10)/t24-,31+;1-,2-/m11/s1. The Balaban J connectivity index is 0.000000565. The smallest absolute Gasteiger partial charge is 0.335 e. The molecule has 4 aromatic rings. The highest BCUT2D eigenvalue weighted by atomic mass is 16.6. The number of nitrogens with zero attached hydrogens (tertiary/aromatic N) is 1. The molecule has 0 aromatic heterocycles. The van der Waals surface area contributed by atoms with Gasteiger partial charge in [-0.15, -0.1) is 0 Å². The number of nitrogens with one attached hydrogen (secondary N) is 1. The van der Waals surface area contributed by atoms with Crippen LogP contribution in [0, 0.1) is 10.1 Å². The van der Waals surface area contributed by atoms with Gasteiger partial charge in [0.05, 0.1) is 24.0 Å². The number of carbonyl (C=O) groups is 2. The van der Waals surface area contributed by atoms with Gasteiger partial charge in [-0.2, -0.15) is 0 Å². The fourth-order valence-electron chi connectivity index (χ4n) is 4.94. The fraction of sp³-hybridized carbons (Fsp3) is 0.278. The zero-order chi connectivity index (χ0) is 35.9. The van der Waals surface area contributed by atoms with Crippen LogP contribution in [-0.4, -0.2) is 69.2 Å². The first-order valence-corrected chi connectivity index (χ1v) is 15.3. The van der Waals surface area contributed by atoms with E-state index < -0.39 is 35.2 Å². The minimum Gasteiger partial charge on any atom is -0.547 e. The molecule has 49 heavy (non-hydrogen) atoms. The van der Waals surface area contributed by atoms with Crippen LogP contribution < -0.4 is 19.5 Å². The van der Waals surface area contributed by atoms with Gasteiger partial charge in [-0.25, -0.2) is 4.79 Å². The van der Waals surface area contributed by atoms with E-state index >= 15 is 0 Å². The highest BCUT2D eigenvalue weighted by Gasteiger charge is 2.26. The minimum absolute atomic E-state index is 0.154. The molecule has 5 atom stereocenters. The summed E-state index contributed by atoms with van der Waals surface area (Å²) in [6.45, 7) is 3.50. The Kier molecular flexibility index (Phi) is 14.7. The Morgan fingerprint density at radius 1 is 0.837 bits per heavy atom. The van der Waals surface area contributed by atoms with E-state index in [9.17, 15) is 29.9 Å². The first-order chi connectivity index (χ1) is 23.4. The van der Waals surface area contributed by atoms with Gasteiger partial charge in [0.2, 0.25) is 0 Å². The summed E-state index contributed by atoms with van der Waals surface area (Å²) in [6.07, 6.45) is -4.78. The number of nitro benzene ring substituents is 1. The number of hydrogen-bond acceptors (Lipinski definition) is 10. The van der Waals surface area contributed by atoms with Crippen molar-refractivity contribution in [2.75, 3.05) is 13.7 Å². The Morgan fingerprint density at radius 3 is 1.94 bits per heavy atom. The maximum Gasteiger partial charge on any atom is 0.335 e. The molecule has 0 aliphatic heterocycles. The Labute approximate surface area is 283 Å². The summed E-state index contributed by atoms with van der Waals surface area (Å²) in [4.78, 5) is 32.0. The molecule has 13 nitrogen and oxygen atoms in total. The second kappa shape index (κ2) is 18.9. The molecule has 0 saturated heterocycles. The van der Waals surface area contributed by atoms with Crippen molar-refractivity contribution >= 4 is 17.6 Å². The van der Waals surface area contributed by atoms with Crippen LogP contribution in [0.1, 0.15) is 35.3 Å². The summed E-state index contributed by atoms with van der Waals surface area (Å²) in [5.41, 5.74) is 3.60. The molecular weight excluding hydrogens is 636 g/mol. The number of carboxylic acids is 2. The number of quaternary nitrogens is 1. The first kappa shape index (κ1) is 38.1. The number of carboxylic acid groups (broad SMARTS) is 2. The number of aliphatic carboxylic acids is 2. The molecule has 13 heteroatoms. The van der Waals surface area contributed by atoms with Gasteiger partial charge >= 0.3 is 11.7 Å². The maximum atomic E-state index is 11.9. The topological polar surface area (TPSA) is 204 Å². The largest absolute Gasteiger partial charge is 0.547 e. The number of aliphatic hydroxyl groups excluding tert-OH is 3. The van der Waals surface area contributed by atoms with E-state index in [0.29, 0.717) is 12.1 Å². The van der Waals surface area contributed by atoms with Crippen molar-refractivity contribution in [3.63, 3.8) is 0 Å². The highest BCUT2D eigenvalue weighted by Crippen LogP contribution is 2.31. The summed E-state index contributed by atoms with van der Waals surface area (Å²) >= 11 is 0. The molecule has 0 aliphatic rings. The Bertz CT molecular complexity index is 1620. The zero-order valence-electron chi connectivity index (χ0n) is 27.0. The second-order valence-corrected chi connectivity index (χ2v) is 11.3. The summed E-state index contributed by atoms with van der Waals surface area (Å²) in [7, 11) is 1.65. The molecule has 0 fully saturated rings. The third-order valence-corrected chi connectivity index (χ3v) is 7.72. The van der Waals surface area contributed by atoms with Crippen molar-refractivity contribution in [1.82, 2.24) is 0 Å². The van der Waals surface area contributed by atoms with Crippen molar-refractivity contribution in [3.05, 3.63) is 135 Å². The predicted molar refractivity (Wildman–Crippen MR) is 176 cm³/mol. The summed E-state index contributed by atoms with van der Waals surface area (Å²) < 4.78 is 11.0. The lowest BCUT2D eigenvalue weighted by molar-refractivity contribution is -0.940. The number of ether oxygens (including phenoxy) is 2. The molecule has 1 unspecified atom stereocenters. The average Bonchev–Trinajstić information content (AvgIpc) is 3.11. The van der Waals surface area contributed by atoms with E-state index in [2.05, 4.69) is 31.2 Å². The molecule has 0 spiro atoms. The Hall–Kier alpha value is -5.34. The highest BCUT2D eigenvalue weighted by molar-refractivity contribution is 5.82. The van der Waals surface area contributed by atoms with Crippen LogP contribution in [0.5, 0.6) is 11.5 Å². The van der Waals surface area contributed by atoms with Crippen molar-refractivity contribution in [2.24, 2.45) is 0 Å². The van der Waals surface area contributed by atoms with Crippen LogP contribution >= 0.6 is 0 Å². The van der Waals surface area contributed by atoms with Crippen LogP contribution in [-0.2, 0) is 29.2 Å². The van der Waals surface area contributed by atoms with Crippen molar-refractivity contribution in [3.8, 4) is 11.5 Å². The van der Waals surface area contributed by atoms with Crippen LogP contribution in [0.3, 0.4) is 0 Å². The van der Waals surface area contributed by atoms with Crippen molar-refractivity contribution < 1.29 is 54.4 Å². The maximum absolute atomic E-state index is 11.9. The molecule has 260 valence electrons. The second-order valence-electron chi connectivity index (χ2n) is 11.3. The SMILES string of the molecule is COc1ccc(C[C@@H](C)[NH+](Cc2ccccc2)C[C@H](O)c2ccc(OCc3ccccc3)c([N+](=O)[O-])c2)cc1.O=C([O-])[C@H](O)[C@@H](O)C(=O)O. The molecule has 0 heterocycles. The van der Waals surface area contributed by atoms with E-state index in [-0.39, 0.29) is 24.1 Å². The van der Waals surface area contributed by atoms with Gasteiger partial charge in [-0.3, -0.25) is 10.1 Å². The third-order valence-electron chi connectivity index (χ3n) is 7.72. The van der Waals surface area contributed by atoms with Gasteiger partial charge < -0.3 is 44.7 Å². The number of nitro groups is 1. The molecule has 0 bridgehead atoms.